The maximum absolute atomic E-state index is 13.3. The number of nitrogens with one attached hydrogen (secondary N) is 1. The molecule has 0 bridgehead atoms. The minimum atomic E-state index is -0.238. The number of carbonyl (C=O) groups is 2. The molecule has 28 heavy (non-hydrogen) atoms. The highest BCUT2D eigenvalue weighted by Gasteiger charge is 2.26. The summed E-state index contributed by atoms with van der Waals surface area (Å²) in [5, 5.41) is 3.70. The number of carbonyl (C=O) groups excluding carboxylic acids is 2. The number of pyridine rings is 1. The van der Waals surface area contributed by atoms with Gasteiger partial charge in [-0.05, 0) is 59.0 Å². The van der Waals surface area contributed by atoms with Crippen LogP contribution in [0.4, 0.5) is 5.69 Å². The van der Waals surface area contributed by atoms with Gasteiger partial charge in [0.2, 0.25) is 5.91 Å². The normalized spacial score (nSPS) is 12.6. The van der Waals surface area contributed by atoms with Crippen LogP contribution in [-0.4, -0.2) is 35.3 Å². The van der Waals surface area contributed by atoms with Crippen molar-refractivity contribution in [3.05, 3.63) is 69.8 Å². The first-order valence-corrected chi connectivity index (χ1v) is 10.0. The molecule has 0 atom stereocenters. The number of nitrogens with zero attached hydrogens (tertiary/aromatic N) is 2. The van der Waals surface area contributed by atoms with Crippen molar-refractivity contribution in [3.63, 3.8) is 0 Å². The standard InChI is InChI=1S/C22H20BrN3O2/c1-26(13-20(27)25-19-11-5-3-9-16(19)23)22(28)21-14-7-2-4-10-17(14)24-18-12-6-8-15(18)21/h2-5,7,9-11H,6,8,12-13H2,1H3,(H,25,27). The molecule has 0 spiro atoms. The van der Waals surface area contributed by atoms with Gasteiger partial charge >= 0.3 is 0 Å². The summed E-state index contributed by atoms with van der Waals surface area (Å²) < 4.78 is 0.801. The molecule has 1 heterocycles. The molecule has 1 N–H and O–H groups in total. The van der Waals surface area contributed by atoms with Crippen LogP contribution in [-0.2, 0) is 17.6 Å². The van der Waals surface area contributed by atoms with E-state index in [0.29, 0.717) is 11.3 Å². The molecule has 1 aromatic heterocycles. The van der Waals surface area contributed by atoms with Gasteiger partial charge in [0.05, 0.1) is 23.3 Å². The summed E-state index contributed by atoms with van der Waals surface area (Å²) in [6, 6.07) is 15.1. The molecular formula is C22H20BrN3O2. The van der Waals surface area contributed by atoms with Crippen LogP contribution in [0.15, 0.2) is 53.0 Å². The fraction of sp³-hybridized carbons (Fsp3) is 0.227. The molecular weight excluding hydrogens is 418 g/mol. The van der Waals surface area contributed by atoms with Gasteiger partial charge in [0.25, 0.3) is 5.91 Å². The molecule has 0 radical (unpaired) electrons. The van der Waals surface area contributed by atoms with E-state index in [-0.39, 0.29) is 18.4 Å². The second kappa shape index (κ2) is 7.72. The van der Waals surface area contributed by atoms with Crippen LogP contribution in [0.1, 0.15) is 28.0 Å². The fourth-order valence-corrected chi connectivity index (χ4v) is 4.07. The predicted molar refractivity (Wildman–Crippen MR) is 114 cm³/mol. The Balaban J connectivity index is 1.59. The highest BCUT2D eigenvalue weighted by molar-refractivity contribution is 9.10. The van der Waals surface area contributed by atoms with Crippen molar-refractivity contribution in [2.45, 2.75) is 19.3 Å². The molecule has 0 aliphatic heterocycles. The number of amides is 2. The minimum Gasteiger partial charge on any atom is -0.332 e. The number of halogens is 1. The summed E-state index contributed by atoms with van der Waals surface area (Å²) in [6.07, 6.45) is 2.75. The van der Waals surface area contributed by atoms with E-state index in [1.54, 1.807) is 7.05 Å². The third-order valence-corrected chi connectivity index (χ3v) is 5.70. The van der Waals surface area contributed by atoms with E-state index in [1.807, 2.05) is 48.5 Å². The lowest BCUT2D eigenvalue weighted by atomic mass is 10.00. The van der Waals surface area contributed by atoms with Crippen molar-refractivity contribution < 1.29 is 9.59 Å². The van der Waals surface area contributed by atoms with Crippen LogP contribution in [0.25, 0.3) is 10.9 Å². The van der Waals surface area contributed by atoms with Crippen molar-refractivity contribution in [2.24, 2.45) is 0 Å². The predicted octanol–water partition coefficient (Wildman–Crippen LogP) is 4.20. The Kier molecular flexibility index (Phi) is 5.13. The summed E-state index contributed by atoms with van der Waals surface area (Å²) >= 11 is 3.42. The number of para-hydroxylation sites is 2. The maximum atomic E-state index is 13.3. The minimum absolute atomic E-state index is 0.0222. The molecule has 3 aromatic rings. The topological polar surface area (TPSA) is 62.3 Å². The summed E-state index contributed by atoms with van der Waals surface area (Å²) in [7, 11) is 1.67. The third kappa shape index (κ3) is 3.52. The molecule has 4 rings (SSSR count). The van der Waals surface area contributed by atoms with E-state index >= 15 is 0 Å². The summed E-state index contributed by atoms with van der Waals surface area (Å²) in [5.41, 5.74) is 4.24. The van der Waals surface area contributed by atoms with Crippen LogP contribution in [0.3, 0.4) is 0 Å². The molecule has 0 saturated heterocycles. The molecule has 5 nitrogen and oxygen atoms in total. The SMILES string of the molecule is CN(CC(=O)Nc1ccccc1Br)C(=O)c1c2c(nc3ccccc13)CCC2. The molecule has 0 fully saturated rings. The zero-order valence-electron chi connectivity index (χ0n) is 15.5. The van der Waals surface area contributed by atoms with Crippen LogP contribution in [0.2, 0.25) is 0 Å². The molecule has 0 unspecified atom stereocenters. The third-order valence-electron chi connectivity index (χ3n) is 5.01. The van der Waals surface area contributed by atoms with E-state index in [4.69, 9.17) is 4.98 Å². The van der Waals surface area contributed by atoms with Crippen molar-refractivity contribution in [3.8, 4) is 0 Å². The Hall–Kier alpha value is -2.73. The Morgan fingerprint density at radius 2 is 1.86 bits per heavy atom. The van der Waals surface area contributed by atoms with E-state index in [1.165, 1.54) is 4.90 Å². The number of aromatic nitrogens is 1. The summed E-state index contributed by atoms with van der Waals surface area (Å²) in [4.78, 5) is 32.0. The van der Waals surface area contributed by atoms with E-state index < -0.39 is 0 Å². The average Bonchev–Trinajstić information content (AvgIpc) is 3.15. The van der Waals surface area contributed by atoms with Gasteiger partial charge in [-0.25, -0.2) is 0 Å². The quantitative estimate of drug-likeness (QED) is 0.665. The second-order valence-corrected chi connectivity index (χ2v) is 7.83. The number of likely N-dealkylation sites (N-methyl/N-ethyl adjacent to an activating group) is 1. The Morgan fingerprint density at radius 3 is 2.68 bits per heavy atom. The Morgan fingerprint density at radius 1 is 1.11 bits per heavy atom. The maximum Gasteiger partial charge on any atom is 0.255 e. The zero-order chi connectivity index (χ0) is 19.7. The lowest BCUT2D eigenvalue weighted by Gasteiger charge is -2.20. The van der Waals surface area contributed by atoms with Gasteiger partial charge in [-0.15, -0.1) is 0 Å². The van der Waals surface area contributed by atoms with Crippen molar-refractivity contribution in [2.75, 3.05) is 18.9 Å². The molecule has 6 heteroatoms. The zero-order valence-corrected chi connectivity index (χ0v) is 17.1. The van der Waals surface area contributed by atoms with Gasteiger partial charge in [-0.3, -0.25) is 14.6 Å². The lowest BCUT2D eigenvalue weighted by Crippen LogP contribution is -2.35. The first-order valence-electron chi connectivity index (χ1n) is 9.25. The summed E-state index contributed by atoms with van der Waals surface area (Å²) in [5.74, 6) is -0.378. The van der Waals surface area contributed by atoms with Crippen LogP contribution >= 0.6 is 15.9 Å². The van der Waals surface area contributed by atoms with E-state index in [0.717, 1.165) is 45.9 Å². The highest BCUT2D eigenvalue weighted by atomic mass is 79.9. The van der Waals surface area contributed by atoms with Gasteiger partial charge in [-0.1, -0.05) is 30.3 Å². The molecule has 1 aliphatic carbocycles. The van der Waals surface area contributed by atoms with Gasteiger partial charge in [0, 0.05) is 22.6 Å². The molecule has 2 aromatic carbocycles. The second-order valence-electron chi connectivity index (χ2n) is 6.97. The first-order chi connectivity index (χ1) is 13.5. The van der Waals surface area contributed by atoms with E-state index in [2.05, 4.69) is 21.2 Å². The monoisotopic (exact) mass is 437 g/mol. The number of aryl methyl sites for hydroxylation is 1. The Labute approximate surface area is 171 Å². The van der Waals surface area contributed by atoms with Crippen LogP contribution < -0.4 is 5.32 Å². The lowest BCUT2D eigenvalue weighted by molar-refractivity contribution is -0.116. The summed E-state index contributed by atoms with van der Waals surface area (Å²) in [6.45, 7) is -0.0222. The molecule has 2 amide bonds. The van der Waals surface area contributed by atoms with Gasteiger partial charge < -0.3 is 10.2 Å². The van der Waals surface area contributed by atoms with E-state index in [9.17, 15) is 9.59 Å². The molecule has 0 saturated carbocycles. The van der Waals surface area contributed by atoms with Gasteiger partial charge in [0.15, 0.2) is 0 Å². The van der Waals surface area contributed by atoms with Crippen LogP contribution in [0, 0.1) is 0 Å². The largest absolute Gasteiger partial charge is 0.332 e. The van der Waals surface area contributed by atoms with Crippen LogP contribution in [0.5, 0.6) is 0 Å². The average molecular weight is 438 g/mol. The van der Waals surface area contributed by atoms with Gasteiger partial charge in [0.1, 0.15) is 0 Å². The van der Waals surface area contributed by atoms with Crippen molar-refractivity contribution in [1.82, 2.24) is 9.88 Å². The molecule has 1 aliphatic rings. The molecule has 142 valence electrons. The number of anilines is 1. The Bertz CT molecular complexity index is 1080. The van der Waals surface area contributed by atoms with Gasteiger partial charge in [-0.2, -0.15) is 0 Å². The number of benzene rings is 2. The number of fused-ring (bicyclic) bond motifs is 2. The van der Waals surface area contributed by atoms with Crippen molar-refractivity contribution in [1.29, 1.82) is 0 Å². The number of hydrogen-bond donors (Lipinski definition) is 1. The number of rotatable bonds is 4. The van der Waals surface area contributed by atoms with Crippen molar-refractivity contribution >= 4 is 44.3 Å². The number of hydrogen-bond acceptors (Lipinski definition) is 3. The fourth-order valence-electron chi connectivity index (χ4n) is 3.69. The first kappa shape index (κ1) is 18.6. The highest BCUT2D eigenvalue weighted by Crippen LogP contribution is 2.30. The smallest absolute Gasteiger partial charge is 0.255 e.